The van der Waals surface area contributed by atoms with Gasteiger partial charge in [0.05, 0.1) is 17.5 Å². The van der Waals surface area contributed by atoms with Crippen molar-refractivity contribution in [1.29, 1.82) is 0 Å². The third kappa shape index (κ3) is 2.09. The van der Waals surface area contributed by atoms with Crippen molar-refractivity contribution in [3.8, 4) is 11.3 Å². The zero-order chi connectivity index (χ0) is 11.5. The molecule has 1 aromatic carbocycles. The fraction of sp³-hybridized carbons (Fsp3) is 0. The Bertz CT molecular complexity index is 543. The molecule has 1 N–H and O–H groups in total. The Morgan fingerprint density at radius 3 is 2.75 bits per heavy atom. The van der Waals surface area contributed by atoms with E-state index >= 15 is 0 Å². The molecule has 0 aliphatic rings. The van der Waals surface area contributed by atoms with E-state index in [0.717, 1.165) is 10.0 Å². The van der Waals surface area contributed by atoms with Crippen molar-refractivity contribution in [2.75, 3.05) is 0 Å². The van der Waals surface area contributed by atoms with E-state index in [0.29, 0.717) is 5.69 Å². The lowest BCUT2D eigenvalue weighted by atomic mass is 10.1. The highest BCUT2D eigenvalue weighted by atomic mass is 79.9. The number of nitrogens with zero attached hydrogens (tertiary/aromatic N) is 2. The van der Waals surface area contributed by atoms with E-state index < -0.39 is 5.97 Å². The van der Waals surface area contributed by atoms with Crippen molar-refractivity contribution in [3.63, 3.8) is 0 Å². The molecule has 1 heterocycles. The van der Waals surface area contributed by atoms with E-state index in [1.54, 1.807) is 0 Å². The number of aromatic nitrogens is 2. The highest BCUT2D eigenvalue weighted by Crippen LogP contribution is 2.26. The molecule has 0 unspecified atom stereocenters. The van der Waals surface area contributed by atoms with E-state index in [2.05, 4.69) is 26.1 Å². The second kappa shape index (κ2) is 4.40. The maximum Gasteiger partial charge on any atom is 0.337 e. The second-order valence-electron chi connectivity index (χ2n) is 3.11. The van der Waals surface area contributed by atoms with Gasteiger partial charge in [0.2, 0.25) is 0 Å². The van der Waals surface area contributed by atoms with Crippen LogP contribution in [-0.4, -0.2) is 21.3 Å². The van der Waals surface area contributed by atoms with Gasteiger partial charge in [0.15, 0.2) is 0 Å². The highest BCUT2D eigenvalue weighted by Gasteiger charge is 2.08. The molecule has 0 bridgehead atoms. The van der Waals surface area contributed by atoms with Crippen LogP contribution in [0.3, 0.4) is 0 Å². The van der Waals surface area contributed by atoms with Crippen molar-refractivity contribution >= 4 is 21.9 Å². The average molecular weight is 279 g/mol. The molecular formula is C11H7BrN2O2. The molecule has 4 nitrogen and oxygen atoms in total. The predicted molar refractivity (Wildman–Crippen MR) is 62.1 cm³/mol. The van der Waals surface area contributed by atoms with Crippen molar-refractivity contribution in [2.45, 2.75) is 0 Å². The average Bonchev–Trinajstić information content (AvgIpc) is 2.30. The summed E-state index contributed by atoms with van der Waals surface area (Å²) in [5.41, 5.74) is 1.48. The van der Waals surface area contributed by atoms with Crippen LogP contribution in [0.5, 0.6) is 0 Å². The second-order valence-corrected chi connectivity index (χ2v) is 3.97. The molecule has 2 rings (SSSR count). The van der Waals surface area contributed by atoms with E-state index in [-0.39, 0.29) is 5.56 Å². The van der Waals surface area contributed by atoms with Crippen molar-refractivity contribution in [1.82, 2.24) is 10.2 Å². The van der Waals surface area contributed by atoms with Gasteiger partial charge in [0, 0.05) is 10.0 Å². The van der Waals surface area contributed by atoms with Gasteiger partial charge < -0.3 is 5.11 Å². The molecule has 0 spiro atoms. The van der Waals surface area contributed by atoms with Crippen molar-refractivity contribution < 1.29 is 9.90 Å². The Labute approximate surface area is 100 Å². The van der Waals surface area contributed by atoms with Crippen LogP contribution in [0.4, 0.5) is 0 Å². The number of carbonyl (C=O) groups is 1. The minimum absolute atomic E-state index is 0.126. The number of aromatic carboxylic acids is 1. The molecule has 16 heavy (non-hydrogen) atoms. The summed E-state index contributed by atoms with van der Waals surface area (Å²) in [4.78, 5) is 10.8. The van der Waals surface area contributed by atoms with Gasteiger partial charge in [-0.15, -0.1) is 0 Å². The van der Waals surface area contributed by atoms with Gasteiger partial charge >= 0.3 is 5.97 Å². The van der Waals surface area contributed by atoms with Gasteiger partial charge in [-0.2, -0.15) is 10.2 Å². The molecule has 0 radical (unpaired) electrons. The van der Waals surface area contributed by atoms with Crippen LogP contribution in [-0.2, 0) is 0 Å². The summed E-state index contributed by atoms with van der Waals surface area (Å²) in [6, 6.07) is 8.94. The largest absolute Gasteiger partial charge is 0.478 e. The lowest BCUT2D eigenvalue weighted by Crippen LogP contribution is -1.99. The summed E-state index contributed by atoms with van der Waals surface area (Å²) in [6.45, 7) is 0. The first-order valence-electron chi connectivity index (χ1n) is 4.49. The summed E-state index contributed by atoms with van der Waals surface area (Å²) in [5, 5.41) is 16.4. The third-order valence-corrected chi connectivity index (χ3v) is 2.74. The summed E-state index contributed by atoms with van der Waals surface area (Å²) >= 11 is 3.38. The number of rotatable bonds is 2. The topological polar surface area (TPSA) is 63.1 Å². The van der Waals surface area contributed by atoms with Gasteiger partial charge in [0.1, 0.15) is 0 Å². The van der Waals surface area contributed by atoms with Crippen LogP contribution in [0.2, 0.25) is 0 Å². The van der Waals surface area contributed by atoms with E-state index in [1.807, 2.05) is 24.3 Å². The van der Waals surface area contributed by atoms with Gasteiger partial charge in [-0.05, 0) is 12.1 Å². The molecule has 5 heteroatoms. The van der Waals surface area contributed by atoms with E-state index in [9.17, 15) is 4.79 Å². The van der Waals surface area contributed by atoms with Crippen LogP contribution in [0.25, 0.3) is 11.3 Å². The first kappa shape index (κ1) is 10.8. The van der Waals surface area contributed by atoms with Crippen LogP contribution in [0, 0.1) is 0 Å². The Hall–Kier alpha value is -1.75. The minimum atomic E-state index is -1.01. The van der Waals surface area contributed by atoms with Crippen molar-refractivity contribution in [3.05, 3.63) is 46.6 Å². The highest BCUT2D eigenvalue weighted by molar-refractivity contribution is 9.10. The molecular weight excluding hydrogens is 272 g/mol. The quantitative estimate of drug-likeness (QED) is 0.917. The molecule has 0 aliphatic heterocycles. The van der Waals surface area contributed by atoms with Crippen LogP contribution >= 0.6 is 15.9 Å². The van der Waals surface area contributed by atoms with Crippen molar-refractivity contribution in [2.24, 2.45) is 0 Å². The first-order chi connectivity index (χ1) is 7.68. The number of hydrogen-bond acceptors (Lipinski definition) is 3. The predicted octanol–water partition coefficient (Wildman–Crippen LogP) is 2.60. The summed E-state index contributed by atoms with van der Waals surface area (Å²) in [5.74, 6) is -1.01. The van der Waals surface area contributed by atoms with E-state index in [4.69, 9.17) is 5.11 Å². The number of carboxylic acids is 1. The van der Waals surface area contributed by atoms with Gasteiger partial charge in [-0.1, -0.05) is 34.1 Å². The van der Waals surface area contributed by atoms with Gasteiger partial charge in [-0.25, -0.2) is 4.79 Å². The smallest absolute Gasteiger partial charge is 0.337 e. The van der Waals surface area contributed by atoms with Gasteiger partial charge in [0.25, 0.3) is 0 Å². The standard InChI is InChI=1S/C11H7BrN2O2/c12-9-4-2-1-3-8(9)10-5-7(11(15)16)6-13-14-10/h1-6H,(H,15,16). The molecule has 0 saturated heterocycles. The SMILES string of the molecule is O=C(O)c1cnnc(-c2ccccc2Br)c1. The fourth-order valence-electron chi connectivity index (χ4n) is 1.28. The lowest BCUT2D eigenvalue weighted by Gasteiger charge is -2.02. The zero-order valence-electron chi connectivity index (χ0n) is 8.09. The maximum atomic E-state index is 10.8. The molecule has 0 aliphatic carbocycles. The van der Waals surface area contributed by atoms with Crippen LogP contribution in [0.15, 0.2) is 41.0 Å². The van der Waals surface area contributed by atoms with Crippen LogP contribution in [0.1, 0.15) is 10.4 Å². The number of carboxylic acid groups (broad SMARTS) is 1. The Morgan fingerprint density at radius 2 is 2.06 bits per heavy atom. The molecule has 1 aromatic heterocycles. The molecule has 0 saturated carbocycles. The molecule has 2 aromatic rings. The maximum absolute atomic E-state index is 10.8. The molecule has 0 amide bonds. The van der Waals surface area contributed by atoms with E-state index in [1.165, 1.54) is 12.3 Å². The third-order valence-electron chi connectivity index (χ3n) is 2.05. The molecule has 0 atom stereocenters. The summed E-state index contributed by atoms with van der Waals surface area (Å²) in [6.07, 6.45) is 1.22. The van der Waals surface area contributed by atoms with Crippen LogP contribution < -0.4 is 0 Å². The molecule has 80 valence electrons. The van der Waals surface area contributed by atoms with Gasteiger partial charge in [-0.3, -0.25) is 0 Å². The zero-order valence-corrected chi connectivity index (χ0v) is 9.68. The number of halogens is 1. The summed E-state index contributed by atoms with van der Waals surface area (Å²) < 4.78 is 0.854. The monoisotopic (exact) mass is 278 g/mol. The Morgan fingerprint density at radius 1 is 1.31 bits per heavy atom. The Balaban J connectivity index is 2.53. The minimum Gasteiger partial charge on any atom is -0.478 e. The summed E-state index contributed by atoms with van der Waals surface area (Å²) in [7, 11) is 0. The normalized spacial score (nSPS) is 10.1. The first-order valence-corrected chi connectivity index (χ1v) is 5.28. The number of hydrogen-bond donors (Lipinski definition) is 1. The fourth-order valence-corrected chi connectivity index (χ4v) is 1.77. The molecule has 0 fully saturated rings. The Kier molecular flexibility index (Phi) is 2.96. The lowest BCUT2D eigenvalue weighted by molar-refractivity contribution is 0.0696. The number of benzene rings is 1.